The molecule has 92 valence electrons. The molecule has 0 bridgehead atoms. The molecule has 18 heavy (non-hydrogen) atoms. The van der Waals surface area contributed by atoms with E-state index in [-0.39, 0.29) is 0 Å². The molecular formula is C14H14ClN3. The van der Waals surface area contributed by atoms with Crippen LogP contribution in [0.25, 0.3) is 0 Å². The lowest BCUT2D eigenvalue weighted by molar-refractivity contribution is 0.715. The summed E-state index contributed by atoms with van der Waals surface area (Å²) in [6.07, 6.45) is 9.57. The average molecular weight is 260 g/mol. The van der Waals surface area contributed by atoms with Crippen molar-refractivity contribution in [1.29, 1.82) is 0 Å². The van der Waals surface area contributed by atoms with Gasteiger partial charge in [0.25, 0.3) is 0 Å². The molecule has 3 nitrogen and oxygen atoms in total. The third-order valence-electron chi connectivity index (χ3n) is 3.38. The standard InChI is InChI=1S/C14H14ClN3/c15-12-10-17-7-5-14(12)18-8-2-4-13(18)11-3-1-6-16-9-11/h1,3,5-7,9-10,13H,2,4,8H2. The van der Waals surface area contributed by atoms with Crippen molar-refractivity contribution in [3.63, 3.8) is 0 Å². The van der Waals surface area contributed by atoms with E-state index in [1.165, 1.54) is 12.0 Å². The van der Waals surface area contributed by atoms with Crippen LogP contribution in [0.1, 0.15) is 24.4 Å². The molecule has 0 radical (unpaired) electrons. The summed E-state index contributed by atoms with van der Waals surface area (Å²) in [7, 11) is 0. The van der Waals surface area contributed by atoms with Crippen LogP contribution in [0.4, 0.5) is 5.69 Å². The fraction of sp³-hybridized carbons (Fsp3) is 0.286. The molecule has 1 unspecified atom stereocenters. The minimum absolute atomic E-state index is 0.374. The van der Waals surface area contributed by atoms with E-state index in [1.54, 1.807) is 12.4 Å². The van der Waals surface area contributed by atoms with Crippen LogP contribution < -0.4 is 4.90 Å². The van der Waals surface area contributed by atoms with Gasteiger partial charge in [-0.05, 0) is 30.5 Å². The number of halogens is 1. The zero-order valence-electron chi connectivity index (χ0n) is 9.96. The molecule has 3 heterocycles. The highest BCUT2D eigenvalue weighted by molar-refractivity contribution is 6.33. The number of pyridine rings is 2. The lowest BCUT2D eigenvalue weighted by Gasteiger charge is -2.27. The summed E-state index contributed by atoms with van der Waals surface area (Å²) in [4.78, 5) is 10.6. The maximum atomic E-state index is 6.24. The minimum atomic E-state index is 0.374. The van der Waals surface area contributed by atoms with Crippen LogP contribution in [-0.2, 0) is 0 Å². The molecule has 1 atom stereocenters. The van der Waals surface area contributed by atoms with E-state index in [4.69, 9.17) is 11.6 Å². The van der Waals surface area contributed by atoms with Gasteiger partial charge in [-0.3, -0.25) is 9.97 Å². The number of hydrogen-bond acceptors (Lipinski definition) is 3. The number of anilines is 1. The van der Waals surface area contributed by atoms with E-state index >= 15 is 0 Å². The van der Waals surface area contributed by atoms with Crippen molar-refractivity contribution < 1.29 is 0 Å². The number of aromatic nitrogens is 2. The van der Waals surface area contributed by atoms with Crippen molar-refractivity contribution in [1.82, 2.24) is 9.97 Å². The predicted octanol–water partition coefficient (Wildman–Crippen LogP) is 3.47. The molecule has 2 aromatic rings. The van der Waals surface area contributed by atoms with Gasteiger partial charge in [0.05, 0.1) is 16.8 Å². The van der Waals surface area contributed by atoms with E-state index < -0.39 is 0 Å². The Labute approximate surface area is 111 Å². The van der Waals surface area contributed by atoms with Crippen LogP contribution in [0.3, 0.4) is 0 Å². The van der Waals surface area contributed by atoms with Crippen LogP contribution >= 0.6 is 11.6 Å². The smallest absolute Gasteiger partial charge is 0.0822 e. The molecule has 0 N–H and O–H groups in total. The second-order valence-corrected chi connectivity index (χ2v) is 4.87. The van der Waals surface area contributed by atoms with E-state index in [1.807, 2.05) is 24.5 Å². The Morgan fingerprint density at radius 3 is 2.83 bits per heavy atom. The molecule has 0 saturated carbocycles. The highest BCUT2D eigenvalue weighted by Gasteiger charge is 2.27. The molecule has 4 heteroatoms. The second-order valence-electron chi connectivity index (χ2n) is 4.46. The minimum Gasteiger partial charge on any atom is -0.363 e. The summed E-state index contributed by atoms with van der Waals surface area (Å²) < 4.78 is 0. The Balaban J connectivity index is 1.95. The Morgan fingerprint density at radius 2 is 2.06 bits per heavy atom. The van der Waals surface area contributed by atoms with Gasteiger partial charge in [-0.2, -0.15) is 0 Å². The lowest BCUT2D eigenvalue weighted by Crippen LogP contribution is -2.22. The Bertz CT molecular complexity index is 530. The van der Waals surface area contributed by atoms with Gasteiger partial charge in [0.1, 0.15) is 0 Å². The Hall–Kier alpha value is -1.61. The second kappa shape index (κ2) is 4.94. The highest BCUT2D eigenvalue weighted by atomic mass is 35.5. The first-order chi connectivity index (χ1) is 8.86. The third kappa shape index (κ3) is 2.06. The first kappa shape index (κ1) is 11.5. The van der Waals surface area contributed by atoms with Gasteiger partial charge in [-0.15, -0.1) is 0 Å². The van der Waals surface area contributed by atoms with Gasteiger partial charge in [0, 0.05) is 31.3 Å². The fourth-order valence-electron chi connectivity index (χ4n) is 2.58. The summed E-state index contributed by atoms with van der Waals surface area (Å²) in [5.74, 6) is 0. The molecule has 0 aliphatic carbocycles. The number of nitrogens with zero attached hydrogens (tertiary/aromatic N) is 3. The fourth-order valence-corrected chi connectivity index (χ4v) is 2.80. The van der Waals surface area contributed by atoms with Gasteiger partial charge in [-0.1, -0.05) is 17.7 Å². The van der Waals surface area contributed by atoms with Gasteiger partial charge < -0.3 is 4.90 Å². The quantitative estimate of drug-likeness (QED) is 0.827. The summed E-state index contributed by atoms with van der Waals surface area (Å²) in [6, 6.07) is 6.47. The van der Waals surface area contributed by atoms with E-state index in [0.29, 0.717) is 11.1 Å². The first-order valence-corrected chi connectivity index (χ1v) is 6.50. The molecule has 3 rings (SSSR count). The van der Waals surface area contributed by atoms with E-state index in [0.717, 1.165) is 18.7 Å². The highest BCUT2D eigenvalue weighted by Crippen LogP contribution is 2.38. The van der Waals surface area contributed by atoms with Crippen LogP contribution in [0.15, 0.2) is 43.0 Å². The van der Waals surface area contributed by atoms with E-state index in [2.05, 4.69) is 20.9 Å². The topological polar surface area (TPSA) is 29.0 Å². The normalized spacial score (nSPS) is 19.2. The summed E-state index contributed by atoms with van der Waals surface area (Å²) in [5.41, 5.74) is 2.32. The van der Waals surface area contributed by atoms with Crippen LogP contribution in [0, 0.1) is 0 Å². The van der Waals surface area contributed by atoms with Crippen molar-refractivity contribution >= 4 is 17.3 Å². The monoisotopic (exact) mass is 259 g/mol. The molecule has 0 spiro atoms. The molecule has 0 amide bonds. The molecular weight excluding hydrogens is 246 g/mol. The summed E-state index contributed by atoms with van der Waals surface area (Å²) in [5, 5.41) is 0.716. The number of rotatable bonds is 2. The van der Waals surface area contributed by atoms with Crippen LogP contribution in [0.5, 0.6) is 0 Å². The zero-order valence-corrected chi connectivity index (χ0v) is 10.7. The summed E-state index contributed by atoms with van der Waals surface area (Å²) >= 11 is 6.24. The van der Waals surface area contributed by atoms with Crippen molar-refractivity contribution in [2.75, 3.05) is 11.4 Å². The molecule has 2 aromatic heterocycles. The Kier molecular flexibility index (Phi) is 3.15. The molecule has 1 aliphatic rings. The van der Waals surface area contributed by atoms with Crippen molar-refractivity contribution in [2.45, 2.75) is 18.9 Å². The van der Waals surface area contributed by atoms with Crippen molar-refractivity contribution in [3.8, 4) is 0 Å². The van der Waals surface area contributed by atoms with Gasteiger partial charge >= 0.3 is 0 Å². The first-order valence-electron chi connectivity index (χ1n) is 6.12. The molecule has 0 aromatic carbocycles. The SMILES string of the molecule is Clc1cnccc1N1CCCC1c1cccnc1. The summed E-state index contributed by atoms with van der Waals surface area (Å²) in [6.45, 7) is 1.03. The van der Waals surface area contributed by atoms with Gasteiger partial charge in [0.15, 0.2) is 0 Å². The Morgan fingerprint density at radius 1 is 1.17 bits per heavy atom. The maximum Gasteiger partial charge on any atom is 0.0822 e. The predicted molar refractivity (Wildman–Crippen MR) is 72.8 cm³/mol. The maximum absolute atomic E-state index is 6.24. The number of hydrogen-bond donors (Lipinski definition) is 0. The van der Waals surface area contributed by atoms with Crippen molar-refractivity contribution in [2.24, 2.45) is 0 Å². The molecule has 1 fully saturated rings. The van der Waals surface area contributed by atoms with Gasteiger partial charge in [-0.25, -0.2) is 0 Å². The average Bonchev–Trinajstić information content (AvgIpc) is 2.89. The molecule has 1 aliphatic heterocycles. The molecule has 1 saturated heterocycles. The lowest BCUT2D eigenvalue weighted by atomic mass is 10.1. The van der Waals surface area contributed by atoms with Gasteiger partial charge in [0.2, 0.25) is 0 Å². The van der Waals surface area contributed by atoms with Crippen molar-refractivity contribution in [3.05, 3.63) is 53.6 Å². The zero-order chi connectivity index (χ0) is 12.4. The van der Waals surface area contributed by atoms with Crippen LogP contribution in [-0.4, -0.2) is 16.5 Å². The third-order valence-corrected chi connectivity index (χ3v) is 3.67. The van der Waals surface area contributed by atoms with E-state index in [9.17, 15) is 0 Å². The largest absolute Gasteiger partial charge is 0.363 e. The van der Waals surface area contributed by atoms with Crippen LogP contribution in [0.2, 0.25) is 5.02 Å².